The summed E-state index contributed by atoms with van der Waals surface area (Å²) in [5.74, 6) is 1.52. The van der Waals surface area contributed by atoms with Crippen molar-refractivity contribution in [2.75, 3.05) is 19.0 Å². The van der Waals surface area contributed by atoms with E-state index in [1.165, 1.54) is 7.11 Å². The fourth-order valence-electron chi connectivity index (χ4n) is 3.05. The molecule has 0 aliphatic heterocycles. The van der Waals surface area contributed by atoms with Crippen LogP contribution in [-0.4, -0.2) is 24.6 Å². The van der Waals surface area contributed by atoms with Crippen LogP contribution in [0.4, 0.5) is 5.69 Å². The fourth-order valence-corrected chi connectivity index (χ4v) is 3.41. The zero-order chi connectivity index (χ0) is 21.1. The number of aromatic nitrogens is 1. The van der Waals surface area contributed by atoms with Gasteiger partial charge in [0.2, 0.25) is 5.89 Å². The van der Waals surface area contributed by atoms with E-state index in [1.54, 1.807) is 30.3 Å². The molecule has 0 saturated carbocycles. The molecule has 0 fully saturated rings. The standard InChI is InChI=1S/C23H19BrN2O4/c1-3-29-17-8-4-14(5-9-17)23-26-19-13-16(7-11-21(19)30-23)25-22(27)18-12-15(24)6-10-20(18)28-2/h4-13H,3H2,1-2H3,(H,25,27). The van der Waals surface area contributed by atoms with Gasteiger partial charge in [0.1, 0.15) is 17.0 Å². The fraction of sp³-hybridized carbons (Fsp3) is 0.130. The number of nitrogens with zero attached hydrogens (tertiary/aromatic N) is 1. The Kier molecular flexibility index (Phi) is 5.72. The molecule has 1 N–H and O–H groups in total. The smallest absolute Gasteiger partial charge is 0.259 e. The van der Waals surface area contributed by atoms with E-state index in [-0.39, 0.29) is 5.91 Å². The normalized spacial score (nSPS) is 10.8. The minimum Gasteiger partial charge on any atom is -0.496 e. The molecular formula is C23H19BrN2O4. The molecule has 0 spiro atoms. The Bertz CT molecular complexity index is 1200. The van der Waals surface area contributed by atoms with E-state index >= 15 is 0 Å². The van der Waals surface area contributed by atoms with Crippen LogP contribution in [0.3, 0.4) is 0 Å². The summed E-state index contributed by atoms with van der Waals surface area (Å²) >= 11 is 3.38. The molecule has 0 atom stereocenters. The lowest BCUT2D eigenvalue weighted by Gasteiger charge is -2.09. The number of hydrogen-bond acceptors (Lipinski definition) is 5. The predicted molar refractivity (Wildman–Crippen MR) is 119 cm³/mol. The highest BCUT2D eigenvalue weighted by Crippen LogP contribution is 2.28. The van der Waals surface area contributed by atoms with Crippen LogP contribution in [0.25, 0.3) is 22.6 Å². The number of methoxy groups -OCH3 is 1. The minimum absolute atomic E-state index is 0.275. The first kappa shape index (κ1) is 20.0. The lowest BCUT2D eigenvalue weighted by molar-refractivity contribution is 0.102. The van der Waals surface area contributed by atoms with Gasteiger partial charge in [0.25, 0.3) is 5.91 Å². The average molecular weight is 467 g/mol. The Morgan fingerprint density at radius 2 is 1.90 bits per heavy atom. The van der Waals surface area contributed by atoms with Crippen molar-refractivity contribution in [1.82, 2.24) is 4.98 Å². The summed E-state index contributed by atoms with van der Waals surface area (Å²) in [6, 6.07) is 18.2. The molecule has 7 heteroatoms. The Hall–Kier alpha value is -3.32. The number of benzene rings is 3. The monoisotopic (exact) mass is 466 g/mol. The van der Waals surface area contributed by atoms with Crippen LogP contribution >= 0.6 is 15.9 Å². The molecule has 4 rings (SSSR count). The summed E-state index contributed by atoms with van der Waals surface area (Å²) in [6.07, 6.45) is 0. The number of ether oxygens (including phenoxy) is 2. The van der Waals surface area contributed by atoms with Crippen LogP contribution in [0.5, 0.6) is 11.5 Å². The molecule has 0 aliphatic carbocycles. The molecule has 0 aliphatic rings. The first-order valence-corrected chi connectivity index (χ1v) is 10.2. The second kappa shape index (κ2) is 8.59. The van der Waals surface area contributed by atoms with Crippen LogP contribution in [0.15, 0.2) is 69.6 Å². The van der Waals surface area contributed by atoms with Crippen LogP contribution in [0, 0.1) is 0 Å². The van der Waals surface area contributed by atoms with Crippen molar-refractivity contribution in [2.45, 2.75) is 6.92 Å². The predicted octanol–water partition coefficient (Wildman–Crippen LogP) is 5.92. The average Bonchev–Trinajstić information content (AvgIpc) is 3.18. The number of fused-ring (bicyclic) bond motifs is 1. The molecule has 0 unspecified atom stereocenters. The van der Waals surface area contributed by atoms with Crippen molar-refractivity contribution in [3.63, 3.8) is 0 Å². The van der Waals surface area contributed by atoms with Gasteiger partial charge in [-0.2, -0.15) is 0 Å². The highest BCUT2D eigenvalue weighted by atomic mass is 79.9. The molecule has 0 bridgehead atoms. The second-order valence-electron chi connectivity index (χ2n) is 6.46. The third-order valence-electron chi connectivity index (χ3n) is 4.46. The van der Waals surface area contributed by atoms with Gasteiger partial charge in [0, 0.05) is 15.7 Å². The van der Waals surface area contributed by atoms with Crippen LogP contribution < -0.4 is 14.8 Å². The van der Waals surface area contributed by atoms with Crippen molar-refractivity contribution < 1.29 is 18.7 Å². The Morgan fingerprint density at radius 1 is 1.10 bits per heavy atom. The first-order valence-electron chi connectivity index (χ1n) is 9.36. The van der Waals surface area contributed by atoms with Gasteiger partial charge in [-0.1, -0.05) is 15.9 Å². The van der Waals surface area contributed by atoms with Crippen molar-refractivity contribution in [3.05, 3.63) is 70.7 Å². The van der Waals surface area contributed by atoms with E-state index in [0.29, 0.717) is 40.6 Å². The number of amides is 1. The van der Waals surface area contributed by atoms with Crippen LogP contribution in [-0.2, 0) is 0 Å². The molecule has 30 heavy (non-hydrogen) atoms. The van der Waals surface area contributed by atoms with Crippen molar-refractivity contribution in [3.8, 4) is 23.0 Å². The summed E-state index contributed by atoms with van der Waals surface area (Å²) in [7, 11) is 1.53. The SMILES string of the molecule is CCOc1ccc(-c2nc3cc(NC(=O)c4cc(Br)ccc4OC)ccc3o2)cc1. The highest BCUT2D eigenvalue weighted by Gasteiger charge is 2.15. The van der Waals surface area contributed by atoms with E-state index in [4.69, 9.17) is 13.9 Å². The van der Waals surface area contributed by atoms with Crippen molar-refractivity contribution in [1.29, 1.82) is 0 Å². The van der Waals surface area contributed by atoms with Crippen molar-refractivity contribution >= 4 is 38.6 Å². The van der Waals surface area contributed by atoms with Crippen LogP contribution in [0.2, 0.25) is 0 Å². The summed E-state index contributed by atoms with van der Waals surface area (Å²) in [4.78, 5) is 17.3. The third kappa shape index (κ3) is 4.16. The number of halogens is 1. The van der Waals surface area contributed by atoms with Gasteiger partial charge in [-0.15, -0.1) is 0 Å². The second-order valence-corrected chi connectivity index (χ2v) is 7.37. The lowest BCUT2D eigenvalue weighted by Crippen LogP contribution is -2.13. The highest BCUT2D eigenvalue weighted by molar-refractivity contribution is 9.10. The lowest BCUT2D eigenvalue weighted by atomic mass is 10.2. The molecule has 3 aromatic carbocycles. The quantitative estimate of drug-likeness (QED) is 0.381. The van der Waals surface area contributed by atoms with E-state index in [9.17, 15) is 4.79 Å². The van der Waals surface area contributed by atoms with Gasteiger partial charge in [-0.25, -0.2) is 4.98 Å². The summed E-state index contributed by atoms with van der Waals surface area (Å²) in [5.41, 5.74) is 3.18. The number of anilines is 1. The molecular weight excluding hydrogens is 448 g/mol. The van der Waals surface area contributed by atoms with Gasteiger partial charge in [0.15, 0.2) is 5.58 Å². The topological polar surface area (TPSA) is 73.6 Å². The van der Waals surface area contributed by atoms with Crippen LogP contribution in [0.1, 0.15) is 17.3 Å². The Balaban J connectivity index is 1.58. The van der Waals surface area contributed by atoms with Gasteiger partial charge in [0.05, 0.1) is 19.3 Å². The largest absolute Gasteiger partial charge is 0.496 e. The zero-order valence-electron chi connectivity index (χ0n) is 16.4. The summed E-state index contributed by atoms with van der Waals surface area (Å²) in [5, 5.41) is 2.88. The number of carbonyl (C=O) groups excluding carboxylic acids is 1. The minimum atomic E-state index is -0.275. The van der Waals surface area contributed by atoms with Gasteiger partial charge in [-0.3, -0.25) is 4.79 Å². The van der Waals surface area contributed by atoms with E-state index in [1.807, 2.05) is 37.3 Å². The maximum absolute atomic E-state index is 12.7. The molecule has 1 amide bonds. The van der Waals surface area contributed by atoms with Gasteiger partial charge >= 0.3 is 0 Å². The number of carbonyl (C=O) groups is 1. The van der Waals surface area contributed by atoms with E-state index in [0.717, 1.165) is 15.8 Å². The first-order chi connectivity index (χ1) is 14.6. The van der Waals surface area contributed by atoms with Gasteiger partial charge < -0.3 is 19.2 Å². The summed E-state index contributed by atoms with van der Waals surface area (Å²) < 4.78 is 17.4. The molecule has 4 aromatic rings. The zero-order valence-corrected chi connectivity index (χ0v) is 18.0. The molecule has 6 nitrogen and oxygen atoms in total. The molecule has 1 aromatic heterocycles. The number of hydrogen-bond donors (Lipinski definition) is 1. The van der Waals surface area contributed by atoms with Gasteiger partial charge in [-0.05, 0) is 67.6 Å². The van der Waals surface area contributed by atoms with E-state index in [2.05, 4.69) is 26.2 Å². The maximum Gasteiger partial charge on any atom is 0.259 e. The van der Waals surface area contributed by atoms with Crippen molar-refractivity contribution in [2.24, 2.45) is 0 Å². The molecule has 0 radical (unpaired) electrons. The summed E-state index contributed by atoms with van der Waals surface area (Å²) in [6.45, 7) is 2.56. The Labute approximate surface area is 182 Å². The van der Waals surface area contributed by atoms with E-state index < -0.39 is 0 Å². The molecule has 0 saturated heterocycles. The number of rotatable bonds is 6. The Morgan fingerprint density at radius 3 is 2.63 bits per heavy atom. The maximum atomic E-state index is 12.7. The molecule has 152 valence electrons. The molecule has 1 heterocycles. The number of nitrogens with one attached hydrogen (secondary N) is 1. The number of oxazole rings is 1. The third-order valence-corrected chi connectivity index (χ3v) is 4.96.